The van der Waals surface area contributed by atoms with Crippen LogP contribution in [0.3, 0.4) is 0 Å². The van der Waals surface area contributed by atoms with Crippen LogP contribution >= 0.6 is 0 Å². The fraction of sp³-hybridized carbons (Fsp3) is 0.333. The molecular weight excluding hydrogens is 418 g/mol. The first kappa shape index (κ1) is 21.1. The molecule has 0 spiro atoms. The molecule has 0 radical (unpaired) electrons. The lowest BCUT2D eigenvalue weighted by molar-refractivity contribution is -0.117. The molecule has 2 aromatic carbocycles. The number of sulfonamides is 1. The second kappa shape index (κ2) is 8.56. The Morgan fingerprint density at radius 2 is 1.84 bits per heavy atom. The summed E-state index contributed by atoms with van der Waals surface area (Å²) in [4.78, 5) is 25.2. The highest BCUT2D eigenvalue weighted by Gasteiger charge is 2.27. The van der Waals surface area contributed by atoms with Gasteiger partial charge >= 0.3 is 0 Å². The number of fused-ring (bicyclic) bond motifs is 1. The lowest BCUT2D eigenvalue weighted by atomic mass is 10.2. The molecule has 31 heavy (non-hydrogen) atoms. The molecule has 0 unspecified atom stereocenters. The lowest BCUT2D eigenvalue weighted by Gasteiger charge is -2.26. The number of carbonyl (C=O) groups is 1. The van der Waals surface area contributed by atoms with Gasteiger partial charge in [0.2, 0.25) is 15.9 Å². The highest BCUT2D eigenvalue weighted by Crippen LogP contribution is 2.26. The third-order valence-corrected chi connectivity index (χ3v) is 7.37. The van der Waals surface area contributed by atoms with Gasteiger partial charge in [0.25, 0.3) is 5.56 Å². The van der Waals surface area contributed by atoms with Gasteiger partial charge < -0.3 is 5.32 Å². The highest BCUT2D eigenvalue weighted by molar-refractivity contribution is 7.89. The number of piperidine rings is 1. The Bertz CT molecular complexity index is 1300. The second-order valence-electron chi connectivity index (χ2n) is 7.56. The number of hydrogen-bond acceptors (Lipinski definition) is 6. The summed E-state index contributed by atoms with van der Waals surface area (Å²) in [7, 11) is -3.64. The molecule has 0 bridgehead atoms. The standard InChI is InChI=1S/C21H23N5O4S/c1-15-9-10-16(13-19(15)31(29,30)25-11-5-2-6-12-25)22-20(27)14-26-21(28)17-7-3-4-8-18(17)23-24-26/h3-4,7-10,13H,2,5-6,11-12,14H2,1H3,(H,22,27). The Labute approximate surface area is 179 Å². The van der Waals surface area contributed by atoms with E-state index in [9.17, 15) is 18.0 Å². The predicted octanol–water partition coefficient (Wildman–Crippen LogP) is 1.91. The molecule has 0 saturated carbocycles. The molecule has 1 aliphatic heterocycles. The van der Waals surface area contributed by atoms with Crippen LogP contribution in [-0.4, -0.2) is 46.7 Å². The number of anilines is 1. The smallest absolute Gasteiger partial charge is 0.278 e. The quantitative estimate of drug-likeness (QED) is 0.647. The van der Waals surface area contributed by atoms with Gasteiger partial charge in [0.05, 0.1) is 10.3 Å². The van der Waals surface area contributed by atoms with Crippen molar-refractivity contribution in [3.63, 3.8) is 0 Å². The van der Waals surface area contributed by atoms with Crippen LogP contribution in [0.2, 0.25) is 0 Å². The normalized spacial score (nSPS) is 15.1. The summed E-state index contributed by atoms with van der Waals surface area (Å²) in [6.07, 6.45) is 2.71. The van der Waals surface area contributed by atoms with Crippen molar-refractivity contribution in [1.82, 2.24) is 19.3 Å². The maximum atomic E-state index is 13.1. The van der Waals surface area contributed by atoms with Crippen molar-refractivity contribution in [2.24, 2.45) is 0 Å². The van der Waals surface area contributed by atoms with Gasteiger partial charge in [-0.2, -0.15) is 4.31 Å². The Balaban J connectivity index is 1.55. The van der Waals surface area contributed by atoms with Crippen LogP contribution in [0.1, 0.15) is 24.8 Å². The van der Waals surface area contributed by atoms with E-state index in [1.807, 2.05) is 0 Å². The summed E-state index contributed by atoms with van der Waals surface area (Å²) < 4.78 is 28.6. The largest absolute Gasteiger partial charge is 0.324 e. The number of nitrogens with zero attached hydrogens (tertiary/aromatic N) is 4. The van der Waals surface area contributed by atoms with Crippen molar-refractivity contribution in [2.45, 2.75) is 37.6 Å². The molecule has 0 atom stereocenters. The number of carbonyl (C=O) groups excluding carboxylic acids is 1. The fourth-order valence-electron chi connectivity index (χ4n) is 3.66. The van der Waals surface area contributed by atoms with E-state index in [0.29, 0.717) is 35.2 Å². The molecule has 1 amide bonds. The molecule has 10 heteroatoms. The van der Waals surface area contributed by atoms with Gasteiger partial charge in [0, 0.05) is 18.8 Å². The van der Waals surface area contributed by atoms with Crippen LogP contribution in [0.4, 0.5) is 5.69 Å². The van der Waals surface area contributed by atoms with Gasteiger partial charge in [-0.05, 0) is 49.6 Å². The molecule has 3 aromatic rings. The average Bonchev–Trinajstić information content (AvgIpc) is 2.78. The maximum absolute atomic E-state index is 13.1. The third kappa shape index (κ3) is 4.35. The van der Waals surface area contributed by atoms with Gasteiger partial charge in [-0.1, -0.05) is 29.8 Å². The zero-order valence-electron chi connectivity index (χ0n) is 17.1. The number of amides is 1. The van der Waals surface area contributed by atoms with Crippen molar-refractivity contribution in [2.75, 3.05) is 18.4 Å². The number of benzene rings is 2. The summed E-state index contributed by atoms with van der Waals surface area (Å²) >= 11 is 0. The predicted molar refractivity (Wildman–Crippen MR) is 116 cm³/mol. The van der Waals surface area contributed by atoms with E-state index in [0.717, 1.165) is 23.9 Å². The van der Waals surface area contributed by atoms with E-state index in [1.54, 1.807) is 43.3 Å². The number of aryl methyl sites for hydroxylation is 1. The first-order chi connectivity index (χ1) is 14.9. The van der Waals surface area contributed by atoms with Crippen LogP contribution in [0.25, 0.3) is 10.9 Å². The molecule has 9 nitrogen and oxygen atoms in total. The van der Waals surface area contributed by atoms with Crippen LogP contribution in [-0.2, 0) is 21.4 Å². The first-order valence-electron chi connectivity index (χ1n) is 10.1. The summed E-state index contributed by atoms with van der Waals surface area (Å²) in [5, 5.41) is 10.8. The molecular formula is C21H23N5O4S. The molecule has 1 aliphatic rings. The van der Waals surface area contributed by atoms with Crippen molar-refractivity contribution in [3.05, 3.63) is 58.4 Å². The Morgan fingerprint density at radius 1 is 1.10 bits per heavy atom. The van der Waals surface area contributed by atoms with Gasteiger partial charge in [-0.25, -0.2) is 13.1 Å². The van der Waals surface area contributed by atoms with Crippen molar-refractivity contribution in [3.8, 4) is 0 Å². The Morgan fingerprint density at radius 3 is 2.61 bits per heavy atom. The summed E-state index contributed by atoms with van der Waals surface area (Å²) in [6, 6.07) is 11.5. The summed E-state index contributed by atoms with van der Waals surface area (Å²) in [5.41, 5.74) is 0.987. The average molecular weight is 442 g/mol. The zero-order chi connectivity index (χ0) is 22.0. The van der Waals surface area contributed by atoms with Crippen molar-refractivity contribution in [1.29, 1.82) is 0 Å². The number of aromatic nitrogens is 3. The summed E-state index contributed by atoms with van der Waals surface area (Å²) in [5.74, 6) is -0.503. The van der Waals surface area contributed by atoms with Gasteiger partial charge in [0.1, 0.15) is 12.1 Å². The SMILES string of the molecule is Cc1ccc(NC(=O)Cn2nnc3ccccc3c2=O)cc1S(=O)(=O)N1CCCCC1. The molecule has 1 fully saturated rings. The Kier molecular flexibility index (Phi) is 5.84. The molecule has 1 saturated heterocycles. The second-order valence-corrected chi connectivity index (χ2v) is 9.47. The van der Waals surface area contributed by atoms with Gasteiger partial charge in [0.15, 0.2) is 0 Å². The van der Waals surface area contributed by atoms with E-state index < -0.39 is 21.5 Å². The van der Waals surface area contributed by atoms with E-state index in [-0.39, 0.29) is 11.4 Å². The number of nitrogens with one attached hydrogen (secondary N) is 1. The molecule has 4 rings (SSSR count). The minimum atomic E-state index is -3.64. The topological polar surface area (TPSA) is 114 Å². The van der Waals surface area contributed by atoms with Crippen LogP contribution in [0.5, 0.6) is 0 Å². The monoisotopic (exact) mass is 441 g/mol. The highest BCUT2D eigenvalue weighted by atomic mass is 32.2. The molecule has 1 aromatic heterocycles. The third-order valence-electron chi connectivity index (χ3n) is 5.33. The summed E-state index contributed by atoms with van der Waals surface area (Å²) in [6.45, 7) is 2.40. The van der Waals surface area contributed by atoms with Crippen LogP contribution < -0.4 is 10.9 Å². The van der Waals surface area contributed by atoms with E-state index in [1.165, 1.54) is 10.4 Å². The van der Waals surface area contributed by atoms with Gasteiger partial charge in [-0.3, -0.25) is 9.59 Å². The molecule has 1 N–H and O–H groups in total. The van der Waals surface area contributed by atoms with Gasteiger partial charge in [-0.15, -0.1) is 5.10 Å². The maximum Gasteiger partial charge on any atom is 0.278 e. The number of rotatable bonds is 5. The molecule has 162 valence electrons. The Hall–Kier alpha value is -3.11. The zero-order valence-corrected chi connectivity index (χ0v) is 17.9. The number of hydrogen-bond donors (Lipinski definition) is 1. The first-order valence-corrected chi connectivity index (χ1v) is 11.5. The minimum Gasteiger partial charge on any atom is -0.324 e. The van der Waals surface area contributed by atoms with E-state index >= 15 is 0 Å². The van der Waals surface area contributed by atoms with Crippen molar-refractivity contribution >= 4 is 32.5 Å². The van der Waals surface area contributed by atoms with Crippen LogP contribution in [0, 0.1) is 6.92 Å². The van der Waals surface area contributed by atoms with Crippen LogP contribution in [0.15, 0.2) is 52.2 Å². The van der Waals surface area contributed by atoms with Crippen molar-refractivity contribution < 1.29 is 13.2 Å². The lowest BCUT2D eigenvalue weighted by Crippen LogP contribution is -2.36. The van der Waals surface area contributed by atoms with E-state index in [4.69, 9.17) is 0 Å². The minimum absolute atomic E-state index is 0.176. The molecule has 0 aliphatic carbocycles. The molecule has 2 heterocycles. The van der Waals surface area contributed by atoms with E-state index in [2.05, 4.69) is 15.6 Å². The fourth-order valence-corrected chi connectivity index (χ4v) is 5.43.